The fourth-order valence-corrected chi connectivity index (χ4v) is 1.94. The van der Waals surface area contributed by atoms with Gasteiger partial charge in [0.25, 0.3) is 0 Å². The second kappa shape index (κ2) is 5.62. The molecule has 0 bridgehead atoms. The van der Waals surface area contributed by atoms with Crippen molar-refractivity contribution in [2.45, 2.75) is 6.04 Å². The summed E-state index contributed by atoms with van der Waals surface area (Å²) >= 11 is 3.36. The number of carbonyl (C=O) groups is 1. The lowest BCUT2D eigenvalue weighted by Gasteiger charge is -2.35. The number of rotatable bonds is 4. The van der Waals surface area contributed by atoms with Gasteiger partial charge in [-0.15, -0.1) is 0 Å². The number of amides is 1. The van der Waals surface area contributed by atoms with E-state index in [1.54, 1.807) is 0 Å². The molecule has 0 unspecified atom stereocenters. The molecule has 92 valence electrons. The van der Waals surface area contributed by atoms with Crippen molar-refractivity contribution in [3.8, 4) is 0 Å². The van der Waals surface area contributed by atoms with Crippen molar-refractivity contribution in [3.63, 3.8) is 0 Å². The topological polar surface area (TPSA) is 44.4 Å². The first-order chi connectivity index (χ1) is 8.15. The van der Waals surface area contributed by atoms with Crippen LogP contribution in [0, 0.1) is 0 Å². The average molecular weight is 298 g/mol. The van der Waals surface area contributed by atoms with Gasteiger partial charge in [0, 0.05) is 29.3 Å². The lowest BCUT2D eigenvalue weighted by molar-refractivity contribution is -0.117. The van der Waals surface area contributed by atoms with Gasteiger partial charge in [0.2, 0.25) is 5.91 Å². The normalized spacial score (nSPS) is 15.7. The van der Waals surface area contributed by atoms with Gasteiger partial charge in [-0.2, -0.15) is 0 Å². The Labute approximate surface area is 110 Å². The minimum absolute atomic E-state index is 0.0294. The first-order valence-corrected chi connectivity index (χ1v) is 6.41. The number of nitrogens with zero attached hydrogens (tertiary/aromatic N) is 1. The molecule has 2 rings (SSSR count). The Kier molecular flexibility index (Phi) is 4.15. The molecule has 1 saturated heterocycles. The number of likely N-dealkylation sites (N-methyl/N-ethyl adjacent to an activating group) is 1. The quantitative estimate of drug-likeness (QED) is 0.880. The molecule has 1 amide bonds. The Morgan fingerprint density at radius 1 is 1.47 bits per heavy atom. The monoisotopic (exact) mass is 297 g/mol. The molecular weight excluding hydrogens is 282 g/mol. The predicted molar refractivity (Wildman–Crippen MR) is 72.1 cm³/mol. The molecule has 0 radical (unpaired) electrons. The molecule has 4 nitrogen and oxygen atoms in total. The molecule has 0 spiro atoms. The van der Waals surface area contributed by atoms with Gasteiger partial charge in [-0.1, -0.05) is 15.9 Å². The molecule has 0 atom stereocenters. The highest BCUT2D eigenvalue weighted by atomic mass is 79.9. The van der Waals surface area contributed by atoms with Crippen molar-refractivity contribution in [2.75, 3.05) is 32.0 Å². The van der Waals surface area contributed by atoms with Crippen LogP contribution in [0.3, 0.4) is 0 Å². The fraction of sp³-hybridized carbons (Fsp3) is 0.417. The third kappa shape index (κ3) is 3.52. The molecule has 2 N–H and O–H groups in total. The van der Waals surface area contributed by atoms with Gasteiger partial charge >= 0.3 is 0 Å². The summed E-state index contributed by atoms with van der Waals surface area (Å²) in [7, 11) is 1.98. The molecule has 1 aliphatic heterocycles. The van der Waals surface area contributed by atoms with Crippen LogP contribution in [0.2, 0.25) is 0 Å². The number of benzene rings is 1. The highest BCUT2D eigenvalue weighted by molar-refractivity contribution is 9.10. The van der Waals surface area contributed by atoms with Crippen LogP contribution in [0.15, 0.2) is 28.7 Å². The summed E-state index contributed by atoms with van der Waals surface area (Å²) in [6, 6.07) is 8.08. The van der Waals surface area contributed by atoms with E-state index in [9.17, 15) is 4.79 Å². The van der Waals surface area contributed by atoms with Crippen molar-refractivity contribution < 1.29 is 4.79 Å². The van der Waals surface area contributed by atoms with Crippen molar-refractivity contribution in [1.29, 1.82) is 0 Å². The van der Waals surface area contributed by atoms with Crippen LogP contribution in [0.5, 0.6) is 0 Å². The van der Waals surface area contributed by atoms with Gasteiger partial charge in [-0.05, 0) is 31.3 Å². The zero-order valence-corrected chi connectivity index (χ0v) is 11.3. The summed E-state index contributed by atoms with van der Waals surface area (Å²) in [4.78, 5) is 13.8. The second-order valence-electron chi connectivity index (χ2n) is 4.28. The Hall–Kier alpha value is -0.910. The summed E-state index contributed by atoms with van der Waals surface area (Å²) < 4.78 is 1.01. The maximum absolute atomic E-state index is 11.8. The molecule has 1 aromatic carbocycles. The highest BCUT2D eigenvalue weighted by Crippen LogP contribution is 2.14. The second-order valence-corrected chi connectivity index (χ2v) is 5.20. The molecule has 0 saturated carbocycles. The minimum atomic E-state index is 0.0294. The zero-order chi connectivity index (χ0) is 12.3. The van der Waals surface area contributed by atoms with E-state index >= 15 is 0 Å². The Bertz CT molecular complexity index is 389. The molecule has 1 aromatic rings. The molecule has 17 heavy (non-hydrogen) atoms. The van der Waals surface area contributed by atoms with E-state index in [1.165, 1.54) is 0 Å². The Morgan fingerprint density at radius 3 is 2.65 bits per heavy atom. The van der Waals surface area contributed by atoms with Gasteiger partial charge in [-0.25, -0.2) is 0 Å². The SMILES string of the molecule is CN(CC(=O)Nc1ccc(Br)cc1)C1CNC1. The highest BCUT2D eigenvalue weighted by Gasteiger charge is 2.22. The first kappa shape index (κ1) is 12.5. The van der Waals surface area contributed by atoms with Crippen LogP contribution in [0.1, 0.15) is 0 Å². The van der Waals surface area contributed by atoms with Crippen molar-refractivity contribution in [2.24, 2.45) is 0 Å². The number of hydrogen-bond acceptors (Lipinski definition) is 3. The largest absolute Gasteiger partial charge is 0.325 e. The molecule has 1 heterocycles. The number of hydrogen-bond donors (Lipinski definition) is 2. The Balaban J connectivity index is 1.82. The standard InChI is InChI=1S/C12H16BrN3O/c1-16(11-6-14-7-11)8-12(17)15-10-4-2-9(13)3-5-10/h2-5,11,14H,6-8H2,1H3,(H,15,17). The first-order valence-electron chi connectivity index (χ1n) is 5.61. The summed E-state index contributed by atoms with van der Waals surface area (Å²) in [5.74, 6) is 0.0294. The fourth-order valence-electron chi connectivity index (χ4n) is 1.67. The zero-order valence-electron chi connectivity index (χ0n) is 9.74. The lowest BCUT2D eigenvalue weighted by Crippen LogP contribution is -2.57. The number of carbonyl (C=O) groups excluding carboxylic acids is 1. The van der Waals surface area contributed by atoms with Crippen molar-refractivity contribution in [1.82, 2.24) is 10.2 Å². The maximum Gasteiger partial charge on any atom is 0.238 e. The number of nitrogens with one attached hydrogen (secondary N) is 2. The van der Waals surface area contributed by atoms with Gasteiger partial charge in [-0.3, -0.25) is 9.69 Å². The number of halogens is 1. The molecule has 1 fully saturated rings. The smallest absolute Gasteiger partial charge is 0.238 e. The van der Waals surface area contributed by atoms with Gasteiger partial charge in [0.15, 0.2) is 0 Å². The molecule has 5 heteroatoms. The van der Waals surface area contributed by atoms with Crippen LogP contribution >= 0.6 is 15.9 Å². The van der Waals surface area contributed by atoms with Crippen LogP contribution < -0.4 is 10.6 Å². The van der Waals surface area contributed by atoms with Crippen LogP contribution in [0.25, 0.3) is 0 Å². The molecule has 0 aliphatic carbocycles. The van der Waals surface area contributed by atoms with Crippen LogP contribution in [-0.4, -0.2) is 43.5 Å². The average Bonchev–Trinajstić information content (AvgIpc) is 2.18. The van der Waals surface area contributed by atoms with E-state index in [1.807, 2.05) is 31.3 Å². The third-order valence-corrected chi connectivity index (χ3v) is 3.43. The predicted octanol–water partition coefficient (Wildman–Crippen LogP) is 1.29. The van der Waals surface area contributed by atoms with E-state index < -0.39 is 0 Å². The van der Waals surface area contributed by atoms with E-state index in [4.69, 9.17) is 0 Å². The minimum Gasteiger partial charge on any atom is -0.325 e. The van der Waals surface area contributed by atoms with Gasteiger partial charge in [0.05, 0.1) is 6.54 Å². The van der Waals surface area contributed by atoms with Crippen LogP contribution in [0.4, 0.5) is 5.69 Å². The Morgan fingerprint density at radius 2 is 2.12 bits per heavy atom. The van der Waals surface area contributed by atoms with E-state index in [0.717, 1.165) is 23.2 Å². The summed E-state index contributed by atoms with van der Waals surface area (Å²) in [6.45, 7) is 2.38. The summed E-state index contributed by atoms with van der Waals surface area (Å²) in [5, 5.41) is 6.07. The molecule has 1 aliphatic rings. The third-order valence-electron chi connectivity index (χ3n) is 2.90. The van der Waals surface area contributed by atoms with E-state index in [0.29, 0.717) is 12.6 Å². The number of anilines is 1. The molecular formula is C12H16BrN3O. The van der Waals surface area contributed by atoms with Crippen molar-refractivity contribution in [3.05, 3.63) is 28.7 Å². The van der Waals surface area contributed by atoms with Gasteiger partial charge < -0.3 is 10.6 Å². The van der Waals surface area contributed by atoms with Crippen LogP contribution in [-0.2, 0) is 4.79 Å². The van der Waals surface area contributed by atoms with E-state index in [2.05, 4.69) is 31.5 Å². The van der Waals surface area contributed by atoms with Crippen molar-refractivity contribution >= 4 is 27.5 Å². The summed E-state index contributed by atoms with van der Waals surface area (Å²) in [6.07, 6.45) is 0. The van der Waals surface area contributed by atoms with Gasteiger partial charge in [0.1, 0.15) is 0 Å². The summed E-state index contributed by atoms with van der Waals surface area (Å²) in [5.41, 5.74) is 0.832. The van der Waals surface area contributed by atoms with E-state index in [-0.39, 0.29) is 5.91 Å². The lowest BCUT2D eigenvalue weighted by atomic mass is 10.1. The maximum atomic E-state index is 11.8. The molecule has 0 aromatic heterocycles.